The lowest BCUT2D eigenvalue weighted by Gasteiger charge is -2.28. The molecule has 0 bridgehead atoms. The molecule has 3 heteroatoms. The third kappa shape index (κ3) is 5.17. The lowest BCUT2D eigenvalue weighted by Crippen LogP contribution is -2.46. The van der Waals surface area contributed by atoms with Crippen LogP contribution in [0.15, 0.2) is 0 Å². The fraction of sp³-hybridized carbons (Fsp3) is 0.917. The van der Waals surface area contributed by atoms with Crippen molar-refractivity contribution < 1.29 is 4.79 Å². The van der Waals surface area contributed by atoms with Crippen LogP contribution in [-0.4, -0.2) is 18.5 Å². The molecule has 0 fully saturated rings. The van der Waals surface area contributed by atoms with Gasteiger partial charge >= 0.3 is 0 Å². The van der Waals surface area contributed by atoms with Gasteiger partial charge in [-0.05, 0) is 17.3 Å². The summed E-state index contributed by atoms with van der Waals surface area (Å²) in [7, 11) is 0. The summed E-state index contributed by atoms with van der Waals surface area (Å²) in [4.78, 5) is 11.6. The van der Waals surface area contributed by atoms with Gasteiger partial charge in [0, 0.05) is 6.54 Å². The summed E-state index contributed by atoms with van der Waals surface area (Å²) >= 11 is 0. The first-order valence-electron chi connectivity index (χ1n) is 5.69. The van der Waals surface area contributed by atoms with Crippen LogP contribution in [0.2, 0.25) is 0 Å². The quantitative estimate of drug-likeness (QED) is 0.749. The monoisotopic (exact) mass is 214 g/mol. The minimum absolute atomic E-state index is 0.0406. The molecule has 0 aromatic heterocycles. The molecule has 0 spiro atoms. The van der Waals surface area contributed by atoms with Gasteiger partial charge in [0.15, 0.2) is 0 Å². The molecule has 0 aliphatic heterocycles. The molecule has 0 saturated carbocycles. The molecule has 0 aliphatic carbocycles. The first-order valence-corrected chi connectivity index (χ1v) is 5.69. The Morgan fingerprint density at radius 2 is 1.73 bits per heavy atom. The molecule has 0 saturated heterocycles. The molecule has 0 rings (SSSR count). The molecule has 0 radical (unpaired) electrons. The van der Waals surface area contributed by atoms with E-state index in [1.54, 1.807) is 0 Å². The summed E-state index contributed by atoms with van der Waals surface area (Å²) < 4.78 is 0. The highest BCUT2D eigenvalue weighted by atomic mass is 16.2. The largest absolute Gasteiger partial charge is 0.354 e. The summed E-state index contributed by atoms with van der Waals surface area (Å²) in [5.74, 6) is 0.594. The Bertz CT molecular complexity index is 206. The van der Waals surface area contributed by atoms with Crippen molar-refractivity contribution in [2.75, 3.05) is 6.54 Å². The maximum absolute atomic E-state index is 11.6. The van der Waals surface area contributed by atoms with Crippen LogP contribution >= 0.6 is 0 Å². The van der Waals surface area contributed by atoms with Crippen LogP contribution in [0.1, 0.15) is 41.5 Å². The first-order chi connectivity index (χ1) is 6.66. The standard InChI is InChI=1S/C12H26N2O/c1-8(2)10(13)11(15)14-7-9(3)12(4,5)6/h8-10H,7,13H2,1-6H3,(H,14,15)/t9?,10-/m1/s1. The van der Waals surface area contributed by atoms with Crippen molar-refractivity contribution in [2.45, 2.75) is 47.6 Å². The van der Waals surface area contributed by atoms with Gasteiger partial charge in [-0.1, -0.05) is 41.5 Å². The second-order valence-electron chi connectivity index (χ2n) is 5.78. The molecular weight excluding hydrogens is 188 g/mol. The van der Waals surface area contributed by atoms with Gasteiger partial charge in [-0.3, -0.25) is 4.79 Å². The first kappa shape index (κ1) is 14.4. The van der Waals surface area contributed by atoms with Crippen molar-refractivity contribution >= 4 is 5.91 Å². The van der Waals surface area contributed by atoms with Crippen LogP contribution in [-0.2, 0) is 4.79 Å². The Labute approximate surface area is 93.8 Å². The molecule has 3 nitrogen and oxygen atoms in total. The zero-order valence-electron chi connectivity index (χ0n) is 10.9. The van der Waals surface area contributed by atoms with Gasteiger partial charge < -0.3 is 11.1 Å². The number of nitrogens with two attached hydrogens (primary N) is 1. The van der Waals surface area contributed by atoms with Crippen molar-refractivity contribution in [3.8, 4) is 0 Å². The van der Waals surface area contributed by atoms with Crippen molar-refractivity contribution in [3.63, 3.8) is 0 Å². The molecule has 3 N–H and O–H groups in total. The van der Waals surface area contributed by atoms with E-state index in [9.17, 15) is 4.79 Å². The highest BCUT2D eigenvalue weighted by Gasteiger charge is 2.22. The average Bonchev–Trinajstić information content (AvgIpc) is 2.10. The van der Waals surface area contributed by atoms with E-state index in [0.717, 1.165) is 0 Å². The van der Waals surface area contributed by atoms with Gasteiger partial charge in [0.2, 0.25) is 5.91 Å². The molecule has 0 aromatic rings. The number of carbonyl (C=O) groups is 1. The second kappa shape index (κ2) is 5.50. The lowest BCUT2D eigenvalue weighted by atomic mass is 9.82. The number of nitrogens with one attached hydrogen (secondary N) is 1. The highest BCUT2D eigenvalue weighted by molar-refractivity contribution is 5.81. The van der Waals surface area contributed by atoms with E-state index in [4.69, 9.17) is 5.73 Å². The number of hydrogen-bond donors (Lipinski definition) is 2. The van der Waals surface area contributed by atoms with Crippen LogP contribution in [0.5, 0.6) is 0 Å². The maximum atomic E-state index is 11.6. The van der Waals surface area contributed by atoms with E-state index in [1.165, 1.54) is 0 Å². The van der Waals surface area contributed by atoms with Gasteiger partial charge in [-0.2, -0.15) is 0 Å². The van der Waals surface area contributed by atoms with Crippen molar-refractivity contribution in [1.29, 1.82) is 0 Å². The second-order valence-corrected chi connectivity index (χ2v) is 5.78. The Hall–Kier alpha value is -0.570. The van der Waals surface area contributed by atoms with Crippen molar-refractivity contribution in [2.24, 2.45) is 23.0 Å². The van der Waals surface area contributed by atoms with Crippen LogP contribution in [0.4, 0.5) is 0 Å². The number of hydrogen-bond acceptors (Lipinski definition) is 2. The van der Waals surface area contributed by atoms with Crippen molar-refractivity contribution in [3.05, 3.63) is 0 Å². The zero-order valence-corrected chi connectivity index (χ0v) is 10.9. The predicted molar refractivity (Wildman–Crippen MR) is 64.4 cm³/mol. The topological polar surface area (TPSA) is 55.1 Å². The van der Waals surface area contributed by atoms with Gasteiger partial charge in [0.1, 0.15) is 0 Å². The summed E-state index contributed by atoms with van der Waals surface area (Å²) in [6, 6.07) is -0.392. The Morgan fingerprint density at radius 3 is 2.07 bits per heavy atom. The molecule has 1 amide bonds. The van der Waals surface area contributed by atoms with E-state index in [2.05, 4.69) is 33.0 Å². The van der Waals surface area contributed by atoms with Crippen LogP contribution < -0.4 is 11.1 Å². The van der Waals surface area contributed by atoms with Gasteiger partial charge in [0.05, 0.1) is 6.04 Å². The Morgan fingerprint density at radius 1 is 1.27 bits per heavy atom. The van der Waals surface area contributed by atoms with E-state index < -0.39 is 6.04 Å². The maximum Gasteiger partial charge on any atom is 0.237 e. The fourth-order valence-corrected chi connectivity index (χ4v) is 0.980. The molecule has 90 valence electrons. The third-order valence-electron chi connectivity index (χ3n) is 3.08. The molecule has 1 unspecified atom stereocenters. The lowest BCUT2D eigenvalue weighted by molar-refractivity contribution is -0.123. The predicted octanol–water partition coefficient (Wildman–Crippen LogP) is 1.77. The highest BCUT2D eigenvalue weighted by Crippen LogP contribution is 2.24. The smallest absolute Gasteiger partial charge is 0.237 e. The van der Waals surface area contributed by atoms with Crippen LogP contribution in [0.3, 0.4) is 0 Å². The minimum atomic E-state index is -0.392. The van der Waals surface area contributed by atoms with Gasteiger partial charge in [-0.15, -0.1) is 0 Å². The van der Waals surface area contributed by atoms with E-state index in [-0.39, 0.29) is 17.2 Å². The third-order valence-corrected chi connectivity index (χ3v) is 3.08. The molecule has 2 atom stereocenters. The number of rotatable bonds is 4. The molecule has 0 heterocycles. The molecule has 0 aliphatic rings. The fourth-order valence-electron chi connectivity index (χ4n) is 0.980. The average molecular weight is 214 g/mol. The van der Waals surface area contributed by atoms with E-state index >= 15 is 0 Å². The van der Waals surface area contributed by atoms with Gasteiger partial charge in [-0.25, -0.2) is 0 Å². The van der Waals surface area contributed by atoms with Gasteiger partial charge in [0.25, 0.3) is 0 Å². The van der Waals surface area contributed by atoms with E-state index in [1.807, 2.05) is 13.8 Å². The molecular formula is C12H26N2O. The van der Waals surface area contributed by atoms with Crippen LogP contribution in [0.25, 0.3) is 0 Å². The van der Waals surface area contributed by atoms with Crippen molar-refractivity contribution in [1.82, 2.24) is 5.32 Å². The zero-order chi connectivity index (χ0) is 12.2. The molecule has 0 aromatic carbocycles. The summed E-state index contributed by atoms with van der Waals surface area (Å²) in [6.07, 6.45) is 0. The molecule has 15 heavy (non-hydrogen) atoms. The SMILES string of the molecule is CC(C)[C@@H](N)C(=O)NCC(C)C(C)(C)C. The summed E-state index contributed by atoms with van der Waals surface area (Å²) in [6.45, 7) is 13.3. The summed E-state index contributed by atoms with van der Waals surface area (Å²) in [5.41, 5.74) is 5.96. The Balaban J connectivity index is 4.02. The Kier molecular flexibility index (Phi) is 5.29. The minimum Gasteiger partial charge on any atom is -0.354 e. The normalized spacial score (nSPS) is 16.3. The summed E-state index contributed by atoms with van der Waals surface area (Å²) in [5, 5.41) is 2.91. The number of amides is 1. The van der Waals surface area contributed by atoms with E-state index in [0.29, 0.717) is 12.5 Å². The van der Waals surface area contributed by atoms with Crippen LogP contribution in [0, 0.1) is 17.3 Å². The number of carbonyl (C=O) groups excluding carboxylic acids is 1.